The van der Waals surface area contributed by atoms with Crippen molar-refractivity contribution in [2.75, 3.05) is 0 Å². The third-order valence-corrected chi connectivity index (χ3v) is 18.6. The van der Waals surface area contributed by atoms with Crippen molar-refractivity contribution in [1.82, 2.24) is 13.7 Å². The van der Waals surface area contributed by atoms with Crippen LogP contribution in [0.3, 0.4) is 0 Å². The van der Waals surface area contributed by atoms with Gasteiger partial charge < -0.3 is 13.7 Å². The van der Waals surface area contributed by atoms with Gasteiger partial charge in [0.1, 0.15) is 0 Å². The Hall–Kier alpha value is -8.69. The molecule has 308 valence electrons. The molecule has 0 amide bonds. The number of nitrogens with zero attached hydrogens (tertiary/aromatic N) is 4. The van der Waals surface area contributed by atoms with Crippen LogP contribution in [0.4, 0.5) is 5.69 Å². The first-order valence-electron chi connectivity index (χ1n) is 22.5. The molecule has 0 radical (unpaired) electrons. The van der Waals surface area contributed by atoms with Crippen LogP contribution in [0.15, 0.2) is 243 Å². The average Bonchev–Trinajstić information content (AvgIpc) is 4.03. The first-order chi connectivity index (χ1) is 32.7. The molecule has 5 heteroatoms. The van der Waals surface area contributed by atoms with E-state index in [4.69, 9.17) is 6.57 Å². The minimum atomic E-state index is -2.80. The van der Waals surface area contributed by atoms with E-state index in [9.17, 15) is 0 Å². The molecule has 0 saturated heterocycles. The molecule has 13 aromatic rings. The van der Waals surface area contributed by atoms with Gasteiger partial charge in [0, 0.05) is 43.5 Å². The highest BCUT2D eigenvalue weighted by Gasteiger charge is 2.41. The summed E-state index contributed by atoms with van der Waals surface area (Å²) in [7, 11) is -2.80. The SMILES string of the molecule is [C-]#[N+]c1ccc2c3ccccc3n(-c3cccc4c3c3ccccc3n4-c3cccc4c3c3ccccc3n4-c3cccc([Si](c4ccccc4)(c4ccccc4)c4ccccc4)c3)c2c1. The number of aromatic nitrogens is 3. The van der Waals surface area contributed by atoms with E-state index in [2.05, 4.69) is 249 Å². The highest BCUT2D eigenvalue weighted by atomic mass is 28.3. The zero-order chi connectivity index (χ0) is 43.8. The smallest absolute Gasteiger partial charge is 0.189 e. The summed E-state index contributed by atoms with van der Waals surface area (Å²) in [6.07, 6.45) is 0. The highest BCUT2D eigenvalue weighted by molar-refractivity contribution is 7.19. The average molecular weight is 857 g/mol. The van der Waals surface area contributed by atoms with Crippen LogP contribution in [0.1, 0.15) is 0 Å². The van der Waals surface area contributed by atoms with Gasteiger partial charge in [-0.2, -0.15) is 0 Å². The van der Waals surface area contributed by atoms with E-state index in [1.165, 1.54) is 47.7 Å². The van der Waals surface area contributed by atoms with Crippen LogP contribution in [0.2, 0.25) is 0 Å². The second-order valence-electron chi connectivity index (χ2n) is 17.1. The van der Waals surface area contributed by atoms with Gasteiger partial charge in [0.15, 0.2) is 13.8 Å². The van der Waals surface area contributed by atoms with Gasteiger partial charge in [-0.05, 0) is 81.4 Å². The van der Waals surface area contributed by atoms with Crippen LogP contribution < -0.4 is 20.7 Å². The third kappa shape index (κ3) is 5.43. The van der Waals surface area contributed by atoms with Crippen LogP contribution in [-0.4, -0.2) is 21.8 Å². The van der Waals surface area contributed by atoms with Crippen molar-refractivity contribution < 1.29 is 0 Å². The normalized spacial score (nSPS) is 11.9. The van der Waals surface area contributed by atoms with Gasteiger partial charge in [0.2, 0.25) is 0 Å². The zero-order valence-electron chi connectivity index (χ0n) is 35.9. The summed E-state index contributed by atoms with van der Waals surface area (Å²) in [6, 6.07) is 88.7. The molecular weight excluding hydrogens is 817 g/mol. The summed E-state index contributed by atoms with van der Waals surface area (Å²) >= 11 is 0. The summed E-state index contributed by atoms with van der Waals surface area (Å²) in [5, 5.41) is 12.4. The molecule has 13 rings (SSSR count). The Bertz CT molecular complexity index is 3960. The van der Waals surface area contributed by atoms with Crippen molar-refractivity contribution in [1.29, 1.82) is 0 Å². The summed E-state index contributed by atoms with van der Waals surface area (Å²) < 4.78 is 7.31. The Morgan fingerprint density at radius 3 is 1.27 bits per heavy atom. The van der Waals surface area contributed by atoms with E-state index < -0.39 is 8.07 Å². The van der Waals surface area contributed by atoms with Gasteiger partial charge in [-0.3, -0.25) is 0 Å². The molecule has 3 heterocycles. The van der Waals surface area contributed by atoms with E-state index in [1.807, 2.05) is 12.1 Å². The fraction of sp³-hybridized carbons (Fsp3) is 0. The van der Waals surface area contributed by atoms with E-state index in [0.29, 0.717) is 5.69 Å². The Balaban J connectivity index is 1.08. The zero-order valence-corrected chi connectivity index (χ0v) is 36.9. The molecule has 0 aliphatic carbocycles. The fourth-order valence-corrected chi connectivity index (χ4v) is 15.9. The molecule has 0 aliphatic rings. The maximum Gasteiger partial charge on any atom is 0.189 e. The number of fused-ring (bicyclic) bond motifs is 9. The fourth-order valence-electron chi connectivity index (χ4n) is 11.1. The van der Waals surface area contributed by atoms with Crippen molar-refractivity contribution in [3.05, 3.63) is 254 Å². The molecule has 0 fully saturated rings. The quantitative estimate of drug-likeness (QED) is 0.0864. The summed E-state index contributed by atoms with van der Waals surface area (Å²) in [6.45, 7) is 7.90. The van der Waals surface area contributed by atoms with E-state index in [0.717, 1.165) is 55.5 Å². The summed E-state index contributed by atoms with van der Waals surface area (Å²) in [5.41, 5.74) is 10.7. The lowest BCUT2D eigenvalue weighted by molar-refractivity contribution is 1.17. The lowest BCUT2D eigenvalue weighted by Gasteiger charge is -2.34. The van der Waals surface area contributed by atoms with Gasteiger partial charge in [-0.1, -0.05) is 182 Å². The van der Waals surface area contributed by atoms with Crippen molar-refractivity contribution >= 4 is 99.9 Å². The molecule has 0 saturated carbocycles. The molecule has 0 spiro atoms. The largest absolute Gasteiger partial charge is 0.310 e. The second kappa shape index (κ2) is 15.0. The first kappa shape index (κ1) is 37.8. The Morgan fingerprint density at radius 2 is 0.712 bits per heavy atom. The third-order valence-electron chi connectivity index (χ3n) is 13.8. The van der Waals surface area contributed by atoms with Crippen molar-refractivity contribution in [3.8, 4) is 17.1 Å². The minimum absolute atomic E-state index is 0.628. The van der Waals surface area contributed by atoms with Gasteiger partial charge >= 0.3 is 0 Å². The van der Waals surface area contributed by atoms with Crippen LogP contribution in [0, 0.1) is 6.57 Å². The molecule has 0 atom stereocenters. The van der Waals surface area contributed by atoms with Gasteiger partial charge in [0.05, 0.1) is 45.5 Å². The molecule has 0 aliphatic heterocycles. The molecule has 3 aromatic heterocycles. The minimum Gasteiger partial charge on any atom is -0.310 e. The number of hydrogen-bond donors (Lipinski definition) is 0. The van der Waals surface area contributed by atoms with Gasteiger partial charge in [-0.15, -0.1) is 0 Å². The molecule has 0 unspecified atom stereocenters. The maximum absolute atomic E-state index is 7.90. The maximum atomic E-state index is 7.90. The van der Waals surface area contributed by atoms with Crippen molar-refractivity contribution in [2.24, 2.45) is 0 Å². The summed E-state index contributed by atoms with van der Waals surface area (Å²) in [4.78, 5) is 3.85. The lowest BCUT2D eigenvalue weighted by Crippen LogP contribution is -2.74. The van der Waals surface area contributed by atoms with E-state index >= 15 is 0 Å². The predicted molar refractivity (Wildman–Crippen MR) is 279 cm³/mol. The number of benzene rings is 10. The molecule has 66 heavy (non-hydrogen) atoms. The van der Waals surface area contributed by atoms with Crippen LogP contribution in [-0.2, 0) is 0 Å². The number of rotatable bonds is 7. The van der Waals surface area contributed by atoms with Gasteiger partial charge in [0.25, 0.3) is 0 Å². The van der Waals surface area contributed by atoms with E-state index in [1.54, 1.807) is 0 Å². The molecule has 0 N–H and O–H groups in total. The highest BCUT2D eigenvalue weighted by Crippen LogP contribution is 2.43. The molecular formula is C61H40N4Si. The van der Waals surface area contributed by atoms with E-state index in [-0.39, 0.29) is 0 Å². The second-order valence-corrected chi connectivity index (χ2v) is 20.9. The monoisotopic (exact) mass is 856 g/mol. The molecule has 4 nitrogen and oxygen atoms in total. The van der Waals surface area contributed by atoms with Crippen molar-refractivity contribution in [2.45, 2.75) is 0 Å². The Kier molecular flexibility index (Phi) is 8.57. The lowest BCUT2D eigenvalue weighted by atomic mass is 10.1. The first-order valence-corrected chi connectivity index (χ1v) is 24.5. The van der Waals surface area contributed by atoms with Gasteiger partial charge in [-0.25, -0.2) is 4.85 Å². The Labute approximate surface area is 382 Å². The molecule has 0 bridgehead atoms. The Morgan fingerprint density at radius 1 is 0.303 bits per heavy atom. The summed E-state index contributed by atoms with van der Waals surface area (Å²) in [5.74, 6) is 0. The predicted octanol–water partition coefficient (Wildman–Crippen LogP) is 12.9. The molecule has 10 aromatic carbocycles. The standard InChI is InChI=1S/C61H40N4Si/c1-62-42-38-39-49-48-28-11-14-31-52(48)65(59(49)40-42)58-37-19-36-57-61(58)51-30-13-16-33-54(51)64(57)56-35-18-34-55-60(56)50-29-12-15-32-53(50)63(55)43-20-17-27-47(41-43)66(44-21-5-2-6-22-44,45-23-7-3-8-24-45)46-25-9-4-10-26-46/h2-41H. The van der Waals surface area contributed by atoms with Crippen LogP contribution in [0.5, 0.6) is 0 Å². The number of para-hydroxylation sites is 3. The topological polar surface area (TPSA) is 19.1 Å². The van der Waals surface area contributed by atoms with Crippen LogP contribution >= 0.6 is 0 Å². The van der Waals surface area contributed by atoms with Crippen molar-refractivity contribution in [3.63, 3.8) is 0 Å². The number of hydrogen-bond acceptors (Lipinski definition) is 0. The van der Waals surface area contributed by atoms with Crippen LogP contribution in [0.25, 0.3) is 87.3 Å².